The molecular weight excluding hydrogens is 106 g/mol. The zero-order valence-electron chi connectivity index (χ0n) is 4.79. The second-order valence-electron chi connectivity index (χ2n) is 2.02. The van der Waals surface area contributed by atoms with Crippen LogP contribution >= 0.6 is 0 Å². The highest BCUT2D eigenvalue weighted by atomic mass is 16.3. The van der Waals surface area contributed by atoms with Crippen LogP contribution < -0.4 is 0 Å². The third kappa shape index (κ3) is 0.690. The van der Waals surface area contributed by atoms with E-state index in [4.69, 9.17) is 5.11 Å². The summed E-state index contributed by atoms with van der Waals surface area (Å²) >= 11 is 0. The topological polar surface area (TPSA) is 40.5 Å². The van der Waals surface area contributed by atoms with E-state index in [-0.39, 0.29) is 5.91 Å². The first-order valence-electron chi connectivity index (χ1n) is 2.65. The first kappa shape index (κ1) is 5.56. The van der Waals surface area contributed by atoms with Gasteiger partial charge in [-0.2, -0.15) is 0 Å². The number of nitrogens with zero attached hydrogens (tertiary/aromatic N) is 1. The van der Waals surface area contributed by atoms with Crippen molar-refractivity contribution >= 4 is 5.91 Å². The Labute approximate surface area is 47.9 Å². The van der Waals surface area contributed by atoms with Gasteiger partial charge < -0.3 is 10.0 Å². The molecule has 0 spiro atoms. The lowest BCUT2D eigenvalue weighted by atomic mass is 10.4. The first-order valence-corrected chi connectivity index (χ1v) is 2.65. The average molecular weight is 115 g/mol. The minimum atomic E-state index is -0.525. The van der Waals surface area contributed by atoms with Crippen LogP contribution in [0.15, 0.2) is 0 Å². The third-order valence-corrected chi connectivity index (χ3v) is 1.46. The fourth-order valence-corrected chi connectivity index (χ4v) is 0.789. The molecule has 1 aliphatic heterocycles. The normalized spacial score (nSPS) is 29.5. The molecule has 1 fully saturated rings. The highest BCUT2D eigenvalue weighted by molar-refractivity contribution is 5.77. The molecule has 46 valence electrons. The smallest absolute Gasteiger partial charge is 0.224 e. The SMILES string of the molecule is CN1C(=O)CC[C@H]1O. The van der Waals surface area contributed by atoms with E-state index in [1.54, 1.807) is 7.05 Å². The molecule has 0 aliphatic carbocycles. The Hall–Kier alpha value is -0.570. The van der Waals surface area contributed by atoms with Crippen LogP contribution in [0.25, 0.3) is 0 Å². The molecule has 3 nitrogen and oxygen atoms in total. The maximum Gasteiger partial charge on any atom is 0.224 e. The summed E-state index contributed by atoms with van der Waals surface area (Å²) in [7, 11) is 1.61. The number of rotatable bonds is 0. The van der Waals surface area contributed by atoms with Gasteiger partial charge in [0, 0.05) is 19.9 Å². The molecule has 0 aromatic rings. The molecule has 0 radical (unpaired) electrons. The van der Waals surface area contributed by atoms with Gasteiger partial charge in [-0.3, -0.25) is 4.79 Å². The predicted octanol–water partition coefficient (Wildman–Crippen LogP) is -0.443. The first-order chi connectivity index (χ1) is 3.72. The van der Waals surface area contributed by atoms with E-state index in [0.29, 0.717) is 12.8 Å². The van der Waals surface area contributed by atoms with Crippen LogP contribution in [0.1, 0.15) is 12.8 Å². The van der Waals surface area contributed by atoms with Gasteiger partial charge in [-0.1, -0.05) is 0 Å². The molecule has 3 heteroatoms. The zero-order chi connectivity index (χ0) is 6.15. The summed E-state index contributed by atoms with van der Waals surface area (Å²) in [5.41, 5.74) is 0. The Morgan fingerprint density at radius 3 is 2.62 bits per heavy atom. The number of likely N-dealkylation sites (tertiary alicyclic amines) is 1. The van der Waals surface area contributed by atoms with Crippen LogP contribution in [0, 0.1) is 0 Å². The fourth-order valence-electron chi connectivity index (χ4n) is 0.789. The summed E-state index contributed by atoms with van der Waals surface area (Å²) in [5.74, 6) is 0.0394. The summed E-state index contributed by atoms with van der Waals surface area (Å²) < 4.78 is 0. The zero-order valence-corrected chi connectivity index (χ0v) is 4.79. The molecule has 0 aromatic heterocycles. The monoisotopic (exact) mass is 115 g/mol. The van der Waals surface area contributed by atoms with Crippen molar-refractivity contribution in [3.8, 4) is 0 Å². The van der Waals surface area contributed by atoms with E-state index in [0.717, 1.165) is 0 Å². The van der Waals surface area contributed by atoms with Crippen LogP contribution in [0.5, 0.6) is 0 Å². The van der Waals surface area contributed by atoms with E-state index in [9.17, 15) is 4.79 Å². The van der Waals surface area contributed by atoms with Crippen LogP contribution in [-0.2, 0) is 4.79 Å². The quantitative estimate of drug-likeness (QED) is 0.465. The molecule has 1 amide bonds. The second kappa shape index (κ2) is 1.74. The second-order valence-corrected chi connectivity index (χ2v) is 2.02. The molecule has 1 heterocycles. The van der Waals surface area contributed by atoms with Gasteiger partial charge in [0.25, 0.3) is 0 Å². The van der Waals surface area contributed by atoms with Crippen LogP contribution in [0.2, 0.25) is 0 Å². The van der Waals surface area contributed by atoms with E-state index < -0.39 is 6.23 Å². The van der Waals surface area contributed by atoms with Gasteiger partial charge in [-0.15, -0.1) is 0 Å². The van der Waals surface area contributed by atoms with Gasteiger partial charge in [-0.05, 0) is 0 Å². The van der Waals surface area contributed by atoms with E-state index in [1.807, 2.05) is 0 Å². The molecule has 0 unspecified atom stereocenters. The molecule has 1 atom stereocenters. The van der Waals surface area contributed by atoms with E-state index in [1.165, 1.54) is 4.90 Å². The number of aliphatic hydroxyl groups excluding tert-OH is 1. The van der Waals surface area contributed by atoms with Crippen LogP contribution in [0.3, 0.4) is 0 Å². The van der Waals surface area contributed by atoms with Gasteiger partial charge in [-0.25, -0.2) is 0 Å². The van der Waals surface area contributed by atoms with Crippen molar-refractivity contribution in [3.05, 3.63) is 0 Å². The lowest BCUT2D eigenvalue weighted by molar-refractivity contribution is -0.131. The Kier molecular flexibility index (Phi) is 1.21. The maximum absolute atomic E-state index is 10.6. The molecule has 1 N–H and O–H groups in total. The lowest BCUT2D eigenvalue weighted by Gasteiger charge is -2.11. The molecule has 0 aromatic carbocycles. The fraction of sp³-hybridized carbons (Fsp3) is 0.800. The van der Waals surface area contributed by atoms with Crippen molar-refractivity contribution < 1.29 is 9.90 Å². The predicted molar refractivity (Wildman–Crippen MR) is 28.0 cm³/mol. The highest BCUT2D eigenvalue weighted by Gasteiger charge is 2.24. The Morgan fingerprint density at radius 2 is 2.50 bits per heavy atom. The lowest BCUT2D eigenvalue weighted by Crippen LogP contribution is -2.27. The van der Waals surface area contributed by atoms with Crippen molar-refractivity contribution in [3.63, 3.8) is 0 Å². The summed E-state index contributed by atoms with van der Waals surface area (Å²) in [5, 5.41) is 8.87. The number of hydrogen-bond acceptors (Lipinski definition) is 2. The number of carbonyl (C=O) groups is 1. The molecule has 1 saturated heterocycles. The van der Waals surface area contributed by atoms with Gasteiger partial charge in [0.15, 0.2) is 0 Å². The Balaban J connectivity index is 2.56. The average Bonchev–Trinajstić information content (AvgIpc) is 1.98. The number of hydrogen-bond donors (Lipinski definition) is 1. The summed E-state index contributed by atoms with van der Waals surface area (Å²) in [4.78, 5) is 11.9. The molecule has 8 heavy (non-hydrogen) atoms. The van der Waals surface area contributed by atoms with Crippen LogP contribution in [0.4, 0.5) is 0 Å². The minimum absolute atomic E-state index is 0.0394. The Bertz CT molecular complexity index is 113. The molecule has 0 saturated carbocycles. The summed E-state index contributed by atoms with van der Waals surface area (Å²) in [6, 6.07) is 0. The highest BCUT2D eigenvalue weighted by Crippen LogP contribution is 2.12. The number of aliphatic hydroxyl groups is 1. The van der Waals surface area contributed by atoms with Crippen LogP contribution in [-0.4, -0.2) is 29.2 Å². The van der Waals surface area contributed by atoms with Crippen molar-refractivity contribution in [2.24, 2.45) is 0 Å². The number of amides is 1. The van der Waals surface area contributed by atoms with Crippen molar-refractivity contribution in [1.82, 2.24) is 4.90 Å². The summed E-state index contributed by atoms with van der Waals surface area (Å²) in [6.45, 7) is 0. The molecule has 1 rings (SSSR count). The van der Waals surface area contributed by atoms with Gasteiger partial charge in [0.05, 0.1) is 0 Å². The summed E-state index contributed by atoms with van der Waals surface area (Å²) in [6.07, 6.45) is 0.565. The number of carbonyl (C=O) groups excluding carboxylic acids is 1. The minimum Gasteiger partial charge on any atom is -0.374 e. The van der Waals surface area contributed by atoms with Crippen molar-refractivity contribution in [2.45, 2.75) is 19.1 Å². The maximum atomic E-state index is 10.6. The molecular formula is C5H9NO2. The van der Waals surface area contributed by atoms with Crippen molar-refractivity contribution in [2.75, 3.05) is 7.05 Å². The van der Waals surface area contributed by atoms with Gasteiger partial charge in [0.1, 0.15) is 6.23 Å². The van der Waals surface area contributed by atoms with Crippen molar-refractivity contribution in [1.29, 1.82) is 0 Å². The molecule has 1 aliphatic rings. The molecule has 0 bridgehead atoms. The van der Waals surface area contributed by atoms with Gasteiger partial charge >= 0.3 is 0 Å². The standard InChI is InChI=1S/C5H9NO2/c1-6-4(7)2-3-5(6)8/h4,7H,2-3H2,1H3/t4-/m1/s1. The largest absolute Gasteiger partial charge is 0.374 e. The van der Waals surface area contributed by atoms with E-state index in [2.05, 4.69) is 0 Å². The van der Waals surface area contributed by atoms with E-state index >= 15 is 0 Å². The van der Waals surface area contributed by atoms with Gasteiger partial charge in [0.2, 0.25) is 5.91 Å². The Morgan fingerprint density at radius 1 is 1.88 bits per heavy atom. The third-order valence-electron chi connectivity index (χ3n) is 1.46.